The number of nitrogens with zero attached hydrogens (tertiary/aromatic N) is 2. The summed E-state index contributed by atoms with van der Waals surface area (Å²) >= 11 is 5.39. The number of rotatable bonds is 5. The molecule has 3 rings (SSSR count). The second-order valence-corrected chi connectivity index (χ2v) is 8.72. The van der Waals surface area contributed by atoms with Gasteiger partial charge in [0, 0.05) is 43.6 Å². The summed E-state index contributed by atoms with van der Waals surface area (Å²) < 4.78 is 1.20. The third-order valence-electron chi connectivity index (χ3n) is 4.40. The second-order valence-electron chi connectivity index (χ2n) is 6.23. The molecule has 1 saturated carbocycles. The van der Waals surface area contributed by atoms with Crippen molar-refractivity contribution >= 4 is 27.3 Å². The Labute approximate surface area is 134 Å². The monoisotopic (exact) mass is 357 g/mol. The molecule has 2 aliphatic rings. The fraction of sp³-hybridized carbons (Fsp3) is 0.733. The summed E-state index contributed by atoms with van der Waals surface area (Å²) in [4.78, 5) is 6.60. The van der Waals surface area contributed by atoms with Crippen molar-refractivity contribution in [2.45, 2.75) is 31.8 Å². The van der Waals surface area contributed by atoms with Gasteiger partial charge in [-0.1, -0.05) is 0 Å². The Kier molecular flexibility index (Phi) is 4.82. The maximum absolute atomic E-state index is 6.27. The topological polar surface area (TPSA) is 32.5 Å². The van der Waals surface area contributed by atoms with Crippen LogP contribution in [-0.4, -0.2) is 48.6 Å². The maximum atomic E-state index is 6.27. The molecule has 0 aromatic carbocycles. The van der Waals surface area contributed by atoms with E-state index in [1.165, 1.54) is 41.1 Å². The molecule has 2 heterocycles. The minimum absolute atomic E-state index is 0.176. The Morgan fingerprint density at radius 1 is 1.30 bits per heavy atom. The van der Waals surface area contributed by atoms with Crippen LogP contribution in [0.25, 0.3) is 0 Å². The van der Waals surface area contributed by atoms with Gasteiger partial charge < -0.3 is 10.6 Å². The SMILES string of the molecule is CC(N)C(c1ccc(Br)s1)N1CCN(CC2CC2)CC1. The van der Waals surface area contributed by atoms with Crippen LogP contribution >= 0.6 is 27.3 Å². The molecule has 1 aromatic rings. The molecule has 0 bridgehead atoms. The van der Waals surface area contributed by atoms with Gasteiger partial charge >= 0.3 is 0 Å². The standard InChI is InChI=1S/C15H24BrN3S/c1-11(17)15(13-4-5-14(16)20-13)19-8-6-18(7-9-19)10-12-2-3-12/h4-5,11-12,15H,2-3,6-10,17H2,1H3. The van der Waals surface area contributed by atoms with Gasteiger partial charge in [0.25, 0.3) is 0 Å². The predicted octanol–water partition coefficient (Wildman–Crippen LogP) is 2.93. The largest absolute Gasteiger partial charge is 0.326 e. The van der Waals surface area contributed by atoms with Crippen molar-refractivity contribution in [3.63, 3.8) is 0 Å². The van der Waals surface area contributed by atoms with E-state index < -0.39 is 0 Å². The number of nitrogens with two attached hydrogens (primary N) is 1. The van der Waals surface area contributed by atoms with E-state index in [0.717, 1.165) is 19.0 Å². The average Bonchev–Trinajstić information content (AvgIpc) is 3.13. The Balaban J connectivity index is 1.61. The summed E-state index contributed by atoms with van der Waals surface area (Å²) in [6.45, 7) is 8.15. The van der Waals surface area contributed by atoms with Gasteiger partial charge in [-0.2, -0.15) is 0 Å². The van der Waals surface area contributed by atoms with Crippen LogP contribution in [0.2, 0.25) is 0 Å². The van der Waals surface area contributed by atoms with Gasteiger partial charge in [-0.15, -0.1) is 11.3 Å². The van der Waals surface area contributed by atoms with Crippen molar-refractivity contribution in [2.24, 2.45) is 11.7 Å². The molecule has 20 heavy (non-hydrogen) atoms. The van der Waals surface area contributed by atoms with E-state index in [1.807, 2.05) is 11.3 Å². The summed E-state index contributed by atoms with van der Waals surface area (Å²) in [7, 11) is 0. The van der Waals surface area contributed by atoms with E-state index >= 15 is 0 Å². The Bertz CT molecular complexity index is 436. The van der Waals surface area contributed by atoms with Gasteiger partial charge in [-0.05, 0) is 53.7 Å². The number of piperazine rings is 1. The van der Waals surface area contributed by atoms with Gasteiger partial charge in [-0.25, -0.2) is 0 Å². The predicted molar refractivity (Wildman–Crippen MR) is 89.1 cm³/mol. The third kappa shape index (κ3) is 3.63. The van der Waals surface area contributed by atoms with Crippen LogP contribution in [0.1, 0.15) is 30.7 Å². The molecule has 112 valence electrons. The minimum atomic E-state index is 0.176. The first kappa shape index (κ1) is 15.0. The fourth-order valence-electron chi connectivity index (χ4n) is 3.15. The third-order valence-corrected chi connectivity index (χ3v) is 6.09. The van der Waals surface area contributed by atoms with Gasteiger partial charge in [0.05, 0.1) is 9.83 Å². The van der Waals surface area contributed by atoms with E-state index in [4.69, 9.17) is 5.73 Å². The number of halogens is 1. The molecule has 0 amide bonds. The molecule has 0 spiro atoms. The first-order chi connectivity index (χ1) is 9.63. The first-order valence-corrected chi connectivity index (χ1v) is 9.21. The van der Waals surface area contributed by atoms with Gasteiger partial charge in [0.1, 0.15) is 0 Å². The molecule has 1 aliphatic heterocycles. The molecule has 1 saturated heterocycles. The van der Waals surface area contributed by atoms with Crippen LogP contribution in [-0.2, 0) is 0 Å². The zero-order valence-electron chi connectivity index (χ0n) is 12.1. The second kappa shape index (κ2) is 6.44. The van der Waals surface area contributed by atoms with E-state index in [9.17, 15) is 0 Å². The zero-order chi connectivity index (χ0) is 14.1. The molecular weight excluding hydrogens is 334 g/mol. The zero-order valence-corrected chi connectivity index (χ0v) is 14.5. The quantitative estimate of drug-likeness (QED) is 0.879. The molecule has 5 heteroatoms. The van der Waals surface area contributed by atoms with E-state index in [0.29, 0.717) is 6.04 Å². The van der Waals surface area contributed by atoms with Crippen molar-refractivity contribution in [3.8, 4) is 0 Å². The van der Waals surface area contributed by atoms with Crippen LogP contribution in [0.15, 0.2) is 15.9 Å². The number of thiophene rings is 1. The summed E-state index contributed by atoms with van der Waals surface area (Å²) in [5.74, 6) is 0.999. The molecule has 1 aliphatic carbocycles. The van der Waals surface area contributed by atoms with Gasteiger partial charge in [0.15, 0.2) is 0 Å². The molecular formula is C15H24BrN3S. The Morgan fingerprint density at radius 2 is 2.00 bits per heavy atom. The Hall–Kier alpha value is 0.0600. The normalized spacial score (nSPS) is 24.8. The molecule has 0 radical (unpaired) electrons. The van der Waals surface area contributed by atoms with Crippen LogP contribution in [0.4, 0.5) is 0 Å². The smallest absolute Gasteiger partial charge is 0.0702 e. The van der Waals surface area contributed by atoms with Crippen molar-refractivity contribution < 1.29 is 0 Å². The lowest BCUT2D eigenvalue weighted by Crippen LogP contribution is -2.51. The first-order valence-electron chi connectivity index (χ1n) is 7.60. The molecule has 1 aromatic heterocycles. The number of hydrogen-bond acceptors (Lipinski definition) is 4. The molecule has 2 unspecified atom stereocenters. The van der Waals surface area contributed by atoms with E-state index in [2.05, 4.69) is 44.8 Å². The lowest BCUT2D eigenvalue weighted by Gasteiger charge is -2.40. The van der Waals surface area contributed by atoms with Crippen LogP contribution in [0.5, 0.6) is 0 Å². The highest BCUT2D eigenvalue weighted by molar-refractivity contribution is 9.11. The summed E-state index contributed by atoms with van der Waals surface area (Å²) in [5, 5.41) is 0. The van der Waals surface area contributed by atoms with Crippen molar-refractivity contribution in [2.75, 3.05) is 32.7 Å². The summed E-state index contributed by atoms with van der Waals surface area (Å²) in [5.41, 5.74) is 6.27. The molecule has 2 N–H and O–H groups in total. The van der Waals surface area contributed by atoms with Crippen LogP contribution in [0, 0.1) is 5.92 Å². The molecule has 2 atom stereocenters. The van der Waals surface area contributed by atoms with Crippen molar-refractivity contribution in [1.82, 2.24) is 9.80 Å². The highest BCUT2D eigenvalue weighted by atomic mass is 79.9. The lowest BCUT2D eigenvalue weighted by molar-refractivity contribution is 0.0856. The van der Waals surface area contributed by atoms with Crippen LogP contribution in [0.3, 0.4) is 0 Å². The molecule has 3 nitrogen and oxygen atoms in total. The Morgan fingerprint density at radius 3 is 2.50 bits per heavy atom. The highest BCUT2D eigenvalue weighted by Crippen LogP contribution is 2.34. The highest BCUT2D eigenvalue weighted by Gasteiger charge is 2.31. The minimum Gasteiger partial charge on any atom is -0.326 e. The van der Waals surface area contributed by atoms with Crippen molar-refractivity contribution in [1.29, 1.82) is 0 Å². The van der Waals surface area contributed by atoms with Crippen LogP contribution < -0.4 is 5.73 Å². The van der Waals surface area contributed by atoms with Gasteiger partial charge in [0.2, 0.25) is 0 Å². The van der Waals surface area contributed by atoms with Gasteiger partial charge in [-0.3, -0.25) is 4.90 Å². The summed E-state index contributed by atoms with van der Waals surface area (Å²) in [6.07, 6.45) is 2.90. The summed E-state index contributed by atoms with van der Waals surface area (Å²) in [6, 6.07) is 4.91. The van der Waals surface area contributed by atoms with Crippen molar-refractivity contribution in [3.05, 3.63) is 20.8 Å². The van der Waals surface area contributed by atoms with E-state index in [1.54, 1.807) is 0 Å². The molecule has 2 fully saturated rings. The maximum Gasteiger partial charge on any atom is 0.0702 e. The lowest BCUT2D eigenvalue weighted by atomic mass is 10.1. The average molecular weight is 358 g/mol. The fourth-order valence-corrected chi connectivity index (χ4v) is 4.82. The number of hydrogen-bond donors (Lipinski definition) is 1. The van der Waals surface area contributed by atoms with E-state index in [-0.39, 0.29) is 6.04 Å².